The highest BCUT2D eigenvalue weighted by Crippen LogP contribution is 2.38. The SMILES string of the molecule is C[S@@](=O)Cc1cccc(N[C@H]2CCC[C@H](C(F)(F)F)C2)c1. The largest absolute Gasteiger partial charge is 0.391 e. The molecule has 0 bridgehead atoms. The molecule has 0 spiro atoms. The van der Waals surface area contributed by atoms with Gasteiger partial charge in [-0.1, -0.05) is 18.6 Å². The lowest BCUT2D eigenvalue weighted by Crippen LogP contribution is -2.34. The molecule has 118 valence electrons. The Morgan fingerprint density at radius 3 is 2.76 bits per heavy atom. The maximum Gasteiger partial charge on any atom is 0.391 e. The van der Waals surface area contributed by atoms with Crippen LogP contribution < -0.4 is 5.32 Å². The maximum absolute atomic E-state index is 12.8. The molecular formula is C15H20F3NOS. The molecule has 2 rings (SSSR count). The zero-order chi connectivity index (χ0) is 15.5. The average Bonchev–Trinajstić information content (AvgIpc) is 2.37. The van der Waals surface area contributed by atoms with Gasteiger partial charge in [-0.25, -0.2) is 0 Å². The lowest BCUT2D eigenvalue weighted by atomic mass is 9.85. The fraction of sp³-hybridized carbons (Fsp3) is 0.600. The van der Waals surface area contributed by atoms with Crippen molar-refractivity contribution in [1.82, 2.24) is 0 Å². The van der Waals surface area contributed by atoms with Gasteiger partial charge in [0, 0.05) is 34.5 Å². The first-order valence-electron chi connectivity index (χ1n) is 7.07. The summed E-state index contributed by atoms with van der Waals surface area (Å²) in [5.41, 5.74) is 1.75. The maximum atomic E-state index is 12.8. The molecule has 1 aromatic rings. The second-order valence-corrected chi connectivity index (χ2v) is 7.10. The van der Waals surface area contributed by atoms with Crippen LogP contribution in [-0.4, -0.2) is 22.7 Å². The second kappa shape index (κ2) is 6.81. The first-order valence-corrected chi connectivity index (χ1v) is 8.79. The van der Waals surface area contributed by atoms with Gasteiger partial charge in [0.05, 0.1) is 5.92 Å². The van der Waals surface area contributed by atoms with Crippen LogP contribution in [0.2, 0.25) is 0 Å². The van der Waals surface area contributed by atoms with Crippen molar-refractivity contribution in [3.63, 3.8) is 0 Å². The van der Waals surface area contributed by atoms with Gasteiger partial charge in [0.25, 0.3) is 0 Å². The number of nitrogens with one attached hydrogen (secondary N) is 1. The monoisotopic (exact) mass is 319 g/mol. The van der Waals surface area contributed by atoms with Gasteiger partial charge < -0.3 is 5.32 Å². The summed E-state index contributed by atoms with van der Waals surface area (Å²) < 4.78 is 49.6. The molecule has 0 amide bonds. The summed E-state index contributed by atoms with van der Waals surface area (Å²) in [5, 5.41) is 3.20. The van der Waals surface area contributed by atoms with Crippen molar-refractivity contribution in [2.24, 2.45) is 5.92 Å². The van der Waals surface area contributed by atoms with Crippen molar-refractivity contribution < 1.29 is 17.4 Å². The first kappa shape index (κ1) is 16.3. The van der Waals surface area contributed by atoms with Crippen molar-refractivity contribution in [2.45, 2.75) is 43.7 Å². The van der Waals surface area contributed by atoms with Crippen LogP contribution in [0.3, 0.4) is 0 Å². The highest BCUT2D eigenvalue weighted by molar-refractivity contribution is 7.83. The van der Waals surface area contributed by atoms with E-state index in [9.17, 15) is 17.4 Å². The highest BCUT2D eigenvalue weighted by Gasteiger charge is 2.42. The van der Waals surface area contributed by atoms with E-state index in [4.69, 9.17) is 0 Å². The average molecular weight is 319 g/mol. The summed E-state index contributed by atoms with van der Waals surface area (Å²) in [6.07, 6.45) is -0.739. The van der Waals surface area contributed by atoms with Crippen LogP contribution in [0.1, 0.15) is 31.2 Å². The van der Waals surface area contributed by atoms with Crippen LogP contribution in [0.15, 0.2) is 24.3 Å². The molecule has 21 heavy (non-hydrogen) atoms. The number of hydrogen-bond acceptors (Lipinski definition) is 2. The molecule has 3 atom stereocenters. The Hall–Kier alpha value is -1.04. The Bertz CT molecular complexity index is 504. The standard InChI is InChI=1S/C15H20F3NOS/c1-21(20)10-11-4-2-6-13(8-11)19-14-7-3-5-12(9-14)15(16,17)18/h2,4,6,8,12,14,19H,3,5,7,9-10H2,1H3/t12-,14-,21+/m0/s1. The normalized spacial score (nSPS) is 24.6. The van der Waals surface area contributed by atoms with Crippen molar-refractivity contribution >= 4 is 16.5 Å². The van der Waals surface area contributed by atoms with E-state index in [1.165, 1.54) is 0 Å². The van der Waals surface area contributed by atoms with Crippen molar-refractivity contribution in [2.75, 3.05) is 11.6 Å². The molecule has 0 radical (unpaired) electrons. The lowest BCUT2D eigenvalue weighted by molar-refractivity contribution is -0.182. The third kappa shape index (κ3) is 5.02. The quantitative estimate of drug-likeness (QED) is 0.905. The minimum atomic E-state index is -4.10. The van der Waals surface area contributed by atoms with Crippen LogP contribution in [-0.2, 0) is 16.6 Å². The fourth-order valence-corrected chi connectivity index (χ4v) is 3.49. The van der Waals surface area contributed by atoms with Crippen LogP contribution in [0.5, 0.6) is 0 Å². The van der Waals surface area contributed by atoms with Crippen LogP contribution in [0.25, 0.3) is 0 Å². The second-order valence-electron chi connectivity index (χ2n) is 5.66. The Balaban J connectivity index is 1.99. The molecule has 0 saturated heterocycles. The van der Waals surface area contributed by atoms with Gasteiger partial charge in [-0.05, 0) is 37.0 Å². The highest BCUT2D eigenvalue weighted by atomic mass is 32.2. The summed E-state index contributed by atoms with van der Waals surface area (Å²) >= 11 is 0. The number of hydrogen-bond donors (Lipinski definition) is 1. The molecule has 1 aliphatic rings. The molecule has 1 fully saturated rings. The number of halogens is 3. The van der Waals surface area contributed by atoms with Gasteiger partial charge in [0.15, 0.2) is 0 Å². The summed E-state index contributed by atoms with van der Waals surface area (Å²) in [6.45, 7) is 0. The zero-order valence-corrected chi connectivity index (χ0v) is 12.8. The van der Waals surface area contributed by atoms with Crippen LogP contribution >= 0.6 is 0 Å². The number of benzene rings is 1. The van der Waals surface area contributed by atoms with Crippen LogP contribution in [0, 0.1) is 5.92 Å². The molecular weight excluding hydrogens is 299 g/mol. The van der Waals surface area contributed by atoms with Gasteiger partial charge >= 0.3 is 6.18 Å². The Morgan fingerprint density at radius 1 is 1.33 bits per heavy atom. The fourth-order valence-electron chi connectivity index (χ4n) is 2.84. The third-order valence-corrected chi connectivity index (χ3v) is 4.54. The molecule has 1 aliphatic carbocycles. The van der Waals surface area contributed by atoms with Crippen molar-refractivity contribution in [3.05, 3.63) is 29.8 Å². The molecule has 0 unspecified atom stereocenters. The molecule has 1 aromatic carbocycles. The Morgan fingerprint density at radius 2 is 2.10 bits per heavy atom. The van der Waals surface area contributed by atoms with E-state index in [0.29, 0.717) is 12.2 Å². The van der Waals surface area contributed by atoms with Crippen molar-refractivity contribution in [1.29, 1.82) is 0 Å². The summed E-state index contributed by atoms with van der Waals surface area (Å²) in [4.78, 5) is 0. The number of alkyl halides is 3. The summed E-state index contributed by atoms with van der Waals surface area (Å²) in [6, 6.07) is 7.30. The van der Waals surface area contributed by atoms with Crippen LogP contribution in [0.4, 0.5) is 18.9 Å². The smallest absolute Gasteiger partial charge is 0.382 e. The predicted octanol–water partition coefficient (Wildman–Crippen LogP) is 4.10. The van der Waals surface area contributed by atoms with Gasteiger partial charge in [-0.2, -0.15) is 13.2 Å². The zero-order valence-electron chi connectivity index (χ0n) is 12.0. The molecule has 6 heteroatoms. The van der Waals surface area contributed by atoms with E-state index in [0.717, 1.165) is 17.7 Å². The third-order valence-electron chi connectivity index (χ3n) is 3.80. The van der Waals surface area contributed by atoms with E-state index in [1.54, 1.807) is 6.26 Å². The van der Waals surface area contributed by atoms with Gasteiger partial charge in [0.2, 0.25) is 0 Å². The molecule has 0 aromatic heterocycles. The van der Waals surface area contributed by atoms with E-state index in [-0.39, 0.29) is 18.9 Å². The van der Waals surface area contributed by atoms with Crippen molar-refractivity contribution in [3.8, 4) is 0 Å². The van der Waals surface area contributed by atoms with E-state index < -0.39 is 22.9 Å². The lowest BCUT2D eigenvalue weighted by Gasteiger charge is -2.31. The van der Waals surface area contributed by atoms with Gasteiger partial charge in [-0.3, -0.25) is 4.21 Å². The Kier molecular flexibility index (Phi) is 5.30. The predicted molar refractivity (Wildman–Crippen MR) is 79.6 cm³/mol. The van der Waals surface area contributed by atoms with E-state index >= 15 is 0 Å². The first-order chi connectivity index (χ1) is 9.84. The molecule has 0 heterocycles. The number of rotatable bonds is 4. The topological polar surface area (TPSA) is 29.1 Å². The van der Waals surface area contributed by atoms with E-state index in [1.807, 2.05) is 24.3 Å². The summed E-state index contributed by atoms with van der Waals surface area (Å²) in [7, 11) is -0.926. The molecule has 0 aliphatic heterocycles. The van der Waals surface area contributed by atoms with Gasteiger partial charge in [0.1, 0.15) is 0 Å². The molecule has 1 saturated carbocycles. The molecule has 2 nitrogen and oxygen atoms in total. The van der Waals surface area contributed by atoms with E-state index in [2.05, 4.69) is 5.32 Å². The summed E-state index contributed by atoms with van der Waals surface area (Å²) in [5.74, 6) is -0.735. The molecule has 1 N–H and O–H groups in total. The minimum Gasteiger partial charge on any atom is -0.382 e. The number of anilines is 1. The Labute approximate surface area is 125 Å². The van der Waals surface area contributed by atoms with Gasteiger partial charge in [-0.15, -0.1) is 0 Å². The minimum absolute atomic E-state index is 0.132.